The van der Waals surface area contributed by atoms with Crippen LogP contribution in [0.25, 0.3) is 0 Å². The molecule has 0 saturated carbocycles. The second-order valence-electron chi connectivity index (χ2n) is 7.17. The number of aromatic amines is 1. The highest BCUT2D eigenvalue weighted by atomic mass is 79.9. The van der Waals surface area contributed by atoms with E-state index in [4.69, 9.17) is 17.0 Å². The number of thioether (sulfide) groups is 1. The quantitative estimate of drug-likeness (QED) is 0.360. The van der Waals surface area contributed by atoms with Gasteiger partial charge in [-0.15, -0.1) is 11.3 Å². The number of amides is 2. The number of nitrogens with zero attached hydrogens (tertiary/aromatic N) is 1. The molecule has 6 nitrogen and oxygen atoms in total. The van der Waals surface area contributed by atoms with Crippen LogP contribution in [0, 0.1) is 9.87 Å². The van der Waals surface area contributed by atoms with Crippen LogP contribution in [-0.2, 0) is 9.59 Å². The number of hydrogen-bond acceptors (Lipinski definition) is 7. The Morgan fingerprint density at radius 2 is 1.90 bits per heavy atom. The molecule has 10 heteroatoms. The van der Waals surface area contributed by atoms with Crippen LogP contribution in [-0.4, -0.2) is 34.3 Å². The number of phenolic OH excluding ortho intramolecular Hbond substituents is 1. The molecule has 2 N–H and O–H groups in total. The van der Waals surface area contributed by atoms with Gasteiger partial charge in [0.2, 0.25) is 11.8 Å². The number of ether oxygens (including phenoxy) is 1. The van der Waals surface area contributed by atoms with Gasteiger partial charge in [0.1, 0.15) is 5.25 Å². The largest absolute Gasteiger partial charge is 0.504 e. The van der Waals surface area contributed by atoms with Gasteiger partial charge in [-0.3, -0.25) is 9.59 Å². The SMILES string of the molecule is COc1cc([C@H]2c3sc(=S)[nH]c3S[C@H]3C(=O)N(c4ccc(Br)cc4)C(=O)[C@H]23)ccc1O. The van der Waals surface area contributed by atoms with Gasteiger partial charge in [-0.05, 0) is 54.2 Å². The zero-order chi connectivity index (χ0) is 21.9. The summed E-state index contributed by atoms with van der Waals surface area (Å²) in [5, 5.41) is 10.3. The summed E-state index contributed by atoms with van der Waals surface area (Å²) in [5.74, 6) is -1.13. The fourth-order valence-electron chi connectivity index (χ4n) is 4.11. The number of H-pyrrole nitrogens is 1. The monoisotopic (exact) mass is 534 g/mol. The van der Waals surface area contributed by atoms with Crippen molar-refractivity contribution in [2.24, 2.45) is 5.92 Å². The number of carbonyl (C=O) groups excluding carboxylic acids is 2. The van der Waals surface area contributed by atoms with E-state index < -0.39 is 11.2 Å². The molecule has 5 rings (SSSR count). The van der Waals surface area contributed by atoms with E-state index in [2.05, 4.69) is 20.9 Å². The number of nitrogens with one attached hydrogen (secondary N) is 1. The summed E-state index contributed by atoms with van der Waals surface area (Å²) < 4.78 is 6.75. The molecule has 158 valence electrons. The number of thiazole rings is 1. The van der Waals surface area contributed by atoms with Crippen LogP contribution in [0.3, 0.4) is 0 Å². The molecule has 2 aliphatic heterocycles. The number of halogens is 1. The summed E-state index contributed by atoms with van der Waals surface area (Å²) in [6.07, 6.45) is 0. The molecule has 3 heterocycles. The number of rotatable bonds is 3. The van der Waals surface area contributed by atoms with Crippen LogP contribution in [0.4, 0.5) is 5.69 Å². The Kier molecular flexibility index (Phi) is 5.20. The standard InChI is InChI=1S/C21H15BrN2O4S3/c1-28-13-8-9(2-7-12(13)25)14-15-17(30-18-16(14)31-21(29)23-18)20(27)24(19(15)26)11-5-3-10(22)4-6-11/h2-8,14-15,17,25H,1H3,(H,23,29)/t14-,15-,17-/m1/s1. The first kappa shape index (κ1) is 20.7. The van der Waals surface area contributed by atoms with Gasteiger partial charge in [0.15, 0.2) is 15.5 Å². The minimum Gasteiger partial charge on any atom is -0.504 e. The van der Waals surface area contributed by atoms with E-state index in [1.165, 1.54) is 35.1 Å². The van der Waals surface area contributed by atoms with Gasteiger partial charge in [-0.2, -0.15) is 0 Å². The third-order valence-corrected chi connectivity index (χ3v) is 8.75. The van der Waals surface area contributed by atoms with Crippen molar-refractivity contribution in [3.63, 3.8) is 0 Å². The van der Waals surface area contributed by atoms with Gasteiger partial charge in [-0.25, -0.2) is 4.90 Å². The van der Waals surface area contributed by atoms with Crippen LogP contribution in [0.1, 0.15) is 16.4 Å². The molecule has 31 heavy (non-hydrogen) atoms. The van der Waals surface area contributed by atoms with Crippen LogP contribution in [0.5, 0.6) is 11.5 Å². The fraction of sp³-hybridized carbons (Fsp3) is 0.190. The Hall–Kier alpha value is -2.14. The Labute approximate surface area is 199 Å². The van der Waals surface area contributed by atoms with Crippen molar-refractivity contribution >= 4 is 68.7 Å². The maximum Gasteiger partial charge on any atom is 0.248 e. The average molecular weight is 535 g/mol. The molecule has 3 atom stereocenters. The highest BCUT2D eigenvalue weighted by Gasteiger charge is 2.56. The van der Waals surface area contributed by atoms with E-state index in [0.29, 0.717) is 15.4 Å². The van der Waals surface area contributed by atoms with Gasteiger partial charge in [0.05, 0.1) is 23.7 Å². The lowest BCUT2D eigenvalue weighted by molar-refractivity contribution is -0.122. The lowest BCUT2D eigenvalue weighted by Gasteiger charge is -2.30. The topological polar surface area (TPSA) is 82.6 Å². The second kappa shape index (κ2) is 7.77. The molecule has 0 unspecified atom stereocenters. The number of carbonyl (C=O) groups is 2. The number of aromatic nitrogens is 1. The number of phenols is 1. The van der Waals surface area contributed by atoms with Gasteiger partial charge < -0.3 is 14.8 Å². The van der Waals surface area contributed by atoms with E-state index in [1.54, 1.807) is 42.5 Å². The second-order valence-corrected chi connectivity index (χ2v) is 11.0. The Balaban J connectivity index is 1.66. The van der Waals surface area contributed by atoms with Crippen LogP contribution >= 0.6 is 51.2 Å². The molecule has 0 radical (unpaired) electrons. The molecule has 0 aliphatic carbocycles. The number of methoxy groups -OCH3 is 1. The van der Waals surface area contributed by atoms with Crippen molar-refractivity contribution in [2.45, 2.75) is 16.2 Å². The summed E-state index contributed by atoms with van der Waals surface area (Å²) in [7, 11) is 1.48. The minimum absolute atomic E-state index is 0.0141. The van der Waals surface area contributed by atoms with Crippen LogP contribution in [0.15, 0.2) is 52.0 Å². The highest BCUT2D eigenvalue weighted by molar-refractivity contribution is 9.10. The molecule has 2 amide bonds. The van der Waals surface area contributed by atoms with Gasteiger partial charge in [0.25, 0.3) is 0 Å². The average Bonchev–Trinajstić information content (AvgIpc) is 3.24. The zero-order valence-electron chi connectivity index (χ0n) is 16.0. The summed E-state index contributed by atoms with van der Waals surface area (Å²) in [6, 6.07) is 12.2. The maximum absolute atomic E-state index is 13.6. The van der Waals surface area contributed by atoms with E-state index in [9.17, 15) is 14.7 Å². The van der Waals surface area contributed by atoms with E-state index in [1.807, 2.05) is 0 Å². The highest BCUT2D eigenvalue weighted by Crippen LogP contribution is 2.54. The zero-order valence-corrected chi connectivity index (χ0v) is 20.0. The van der Waals surface area contributed by atoms with Gasteiger partial charge >= 0.3 is 0 Å². The van der Waals surface area contributed by atoms with E-state index >= 15 is 0 Å². The summed E-state index contributed by atoms with van der Waals surface area (Å²) >= 11 is 11.5. The number of benzene rings is 2. The molecule has 2 aliphatic rings. The summed E-state index contributed by atoms with van der Waals surface area (Å²) in [6.45, 7) is 0. The van der Waals surface area contributed by atoms with Crippen LogP contribution in [0.2, 0.25) is 0 Å². The maximum atomic E-state index is 13.6. The lowest BCUT2D eigenvalue weighted by atomic mass is 9.83. The number of imide groups is 1. The molecule has 0 spiro atoms. The van der Waals surface area contributed by atoms with Gasteiger partial charge in [-0.1, -0.05) is 33.8 Å². The van der Waals surface area contributed by atoms with Crippen molar-refractivity contribution in [3.8, 4) is 11.5 Å². The predicted molar refractivity (Wildman–Crippen MR) is 126 cm³/mol. The Morgan fingerprint density at radius 1 is 1.16 bits per heavy atom. The predicted octanol–water partition coefficient (Wildman–Crippen LogP) is 5.08. The first-order valence-electron chi connectivity index (χ1n) is 9.29. The van der Waals surface area contributed by atoms with Crippen molar-refractivity contribution in [1.29, 1.82) is 0 Å². The van der Waals surface area contributed by atoms with Crippen molar-refractivity contribution < 1.29 is 19.4 Å². The number of hydrogen-bond donors (Lipinski definition) is 2. The normalized spacial score (nSPS) is 22.4. The molecule has 1 aromatic heterocycles. The molecule has 3 aromatic rings. The molecular weight excluding hydrogens is 520 g/mol. The lowest BCUT2D eigenvalue weighted by Crippen LogP contribution is -2.32. The number of fused-ring (bicyclic) bond motifs is 2. The summed E-state index contributed by atoms with van der Waals surface area (Å²) in [4.78, 5) is 32.4. The third-order valence-electron chi connectivity index (χ3n) is 5.47. The van der Waals surface area contributed by atoms with Crippen molar-refractivity contribution in [1.82, 2.24) is 4.98 Å². The minimum atomic E-state index is -0.593. The Morgan fingerprint density at radius 3 is 2.61 bits per heavy atom. The van der Waals surface area contributed by atoms with Crippen molar-refractivity contribution in [3.05, 3.63) is 61.3 Å². The Bertz CT molecular complexity index is 1270. The fourth-order valence-corrected chi connectivity index (χ4v) is 7.33. The summed E-state index contributed by atoms with van der Waals surface area (Å²) in [5.41, 5.74) is 1.33. The first-order valence-corrected chi connectivity index (χ1v) is 12.2. The smallest absolute Gasteiger partial charge is 0.248 e. The molecule has 2 aromatic carbocycles. The molecular formula is C21H15BrN2O4S3. The third kappa shape index (κ3) is 3.32. The molecule has 1 saturated heterocycles. The molecule has 0 bridgehead atoms. The van der Waals surface area contributed by atoms with Crippen molar-refractivity contribution in [2.75, 3.05) is 12.0 Å². The van der Waals surface area contributed by atoms with E-state index in [-0.39, 0.29) is 23.5 Å². The van der Waals surface area contributed by atoms with E-state index in [0.717, 1.165) is 19.9 Å². The number of anilines is 1. The van der Waals surface area contributed by atoms with Gasteiger partial charge in [0, 0.05) is 15.3 Å². The molecule has 1 fully saturated rings. The first-order chi connectivity index (χ1) is 14.9. The number of aromatic hydroxyl groups is 1. The van der Waals surface area contributed by atoms with Crippen LogP contribution < -0.4 is 9.64 Å².